The fourth-order valence-corrected chi connectivity index (χ4v) is 1.83. The molecule has 0 aromatic carbocycles. The highest BCUT2D eigenvalue weighted by molar-refractivity contribution is 5.87. The van der Waals surface area contributed by atoms with Crippen molar-refractivity contribution in [1.82, 2.24) is 15.1 Å². The van der Waals surface area contributed by atoms with Crippen molar-refractivity contribution in [3.8, 4) is 0 Å². The first-order chi connectivity index (χ1) is 9.22. The van der Waals surface area contributed by atoms with Gasteiger partial charge in [0.25, 0.3) is 0 Å². The Kier molecular flexibility index (Phi) is 4.35. The van der Waals surface area contributed by atoms with Gasteiger partial charge in [0.1, 0.15) is 0 Å². The summed E-state index contributed by atoms with van der Waals surface area (Å²) in [6.07, 6.45) is 4.15. The third kappa shape index (κ3) is 3.23. The van der Waals surface area contributed by atoms with Crippen molar-refractivity contribution in [2.45, 2.75) is 13.0 Å². The number of furan rings is 1. The summed E-state index contributed by atoms with van der Waals surface area (Å²) in [6, 6.07) is 3.75. The largest absolute Gasteiger partial charge is 0.463 e. The molecule has 102 valence electrons. The molecule has 0 aliphatic rings. The molecule has 2 aromatic heterocycles. The van der Waals surface area contributed by atoms with E-state index in [1.165, 1.54) is 13.4 Å². The molecule has 6 heteroatoms. The van der Waals surface area contributed by atoms with E-state index < -0.39 is 5.97 Å². The molecule has 0 fully saturated rings. The molecule has 0 unspecified atom stereocenters. The number of esters is 1. The Bertz CT molecular complexity index is 545. The summed E-state index contributed by atoms with van der Waals surface area (Å²) < 4.78 is 11.6. The molecule has 0 bridgehead atoms. The molecule has 0 amide bonds. The van der Waals surface area contributed by atoms with Gasteiger partial charge in [-0.3, -0.25) is 4.68 Å². The molecule has 6 nitrogen and oxygen atoms in total. The number of ether oxygens (including phenoxy) is 1. The summed E-state index contributed by atoms with van der Waals surface area (Å²) in [7, 11) is 3.26. The van der Waals surface area contributed by atoms with Crippen LogP contribution in [0.2, 0.25) is 0 Å². The summed E-state index contributed by atoms with van der Waals surface area (Å²) >= 11 is 0. The van der Waals surface area contributed by atoms with Crippen LogP contribution >= 0.6 is 0 Å². The zero-order valence-electron chi connectivity index (χ0n) is 11.0. The molecule has 0 aliphatic heterocycles. The maximum absolute atomic E-state index is 11.4. The Morgan fingerprint density at radius 3 is 3.05 bits per heavy atom. The third-order valence-corrected chi connectivity index (χ3v) is 2.91. The maximum Gasteiger partial charge on any atom is 0.374 e. The second-order valence-electron chi connectivity index (χ2n) is 4.14. The average molecular weight is 263 g/mol. The quantitative estimate of drug-likeness (QED) is 0.625. The molecule has 0 radical (unpaired) electrons. The van der Waals surface area contributed by atoms with Crippen molar-refractivity contribution in [3.05, 3.63) is 41.6 Å². The Hall–Kier alpha value is -2.08. The first-order valence-corrected chi connectivity index (χ1v) is 6.04. The molecule has 19 heavy (non-hydrogen) atoms. The number of rotatable bonds is 6. The molecule has 2 rings (SSSR count). The first kappa shape index (κ1) is 13.4. The van der Waals surface area contributed by atoms with Crippen molar-refractivity contribution in [1.29, 1.82) is 0 Å². The minimum absolute atomic E-state index is 0.260. The number of carbonyl (C=O) groups excluding carboxylic acids is 1. The molecule has 0 aliphatic carbocycles. The molecule has 2 aromatic rings. The minimum atomic E-state index is -0.451. The lowest BCUT2D eigenvalue weighted by Gasteiger charge is -2.05. The van der Waals surface area contributed by atoms with Crippen molar-refractivity contribution in [2.75, 3.05) is 13.7 Å². The van der Waals surface area contributed by atoms with E-state index in [9.17, 15) is 4.79 Å². The van der Waals surface area contributed by atoms with Crippen LogP contribution in [0, 0.1) is 0 Å². The summed E-state index contributed by atoms with van der Waals surface area (Å²) in [6.45, 7) is 1.37. The number of nitrogens with zero attached hydrogens (tertiary/aromatic N) is 2. The second-order valence-corrected chi connectivity index (χ2v) is 4.14. The maximum atomic E-state index is 11.4. The summed E-state index contributed by atoms with van der Waals surface area (Å²) in [5, 5.41) is 7.37. The summed E-state index contributed by atoms with van der Waals surface area (Å²) in [5.74, 6) is -0.191. The van der Waals surface area contributed by atoms with Gasteiger partial charge in [-0.15, -0.1) is 0 Å². The van der Waals surface area contributed by atoms with Gasteiger partial charge in [0.05, 0.1) is 13.4 Å². The molecular weight excluding hydrogens is 246 g/mol. The predicted octanol–water partition coefficient (Wildman–Crippen LogP) is 1.13. The highest BCUT2D eigenvalue weighted by Gasteiger charge is 2.14. The lowest BCUT2D eigenvalue weighted by Crippen LogP contribution is -2.19. The van der Waals surface area contributed by atoms with Gasteiger partial charge in [0.2, 0.25) is 5.76 Å². The van der Waals surface area contributed by atoms with Crippen LogP contribution in [-0.2, 0) is 24.8 Å². The number of nitrogens with one attached hydrogen (secondary N) is 1. The van der Waals surface area contributed by atoms with Gasteiger partial charge in [0, 0.05) is 44.0 Å². The third-order valence-electron chi connectivity index (χ3n) is 2.91. The van der Waals surface area contributed by atoms with Crippen molar-refractivity contribution in [3.63, 3.8) is 0 Å². The molecule has 0 spiro atoms. The number of hydrogen-bond donors (Lipinski definition) is 1. The molecule has 0 atom stereocenters. The zero-order chi connectivity index (χ0) is 13.7. The first-order valence-electron chi connectivity index (χ1n) is 6.04. The Balaban J connectivity index is 1.82. The van der Waals surface area contributed by atoms with Gasteiger partial charge >= 0.3 is 5.97 Å². The van der Waals surface area contributed by atoms with E-state index >= 15 is 0 Å². The Labute approximate surface area is 111 Å². The van der Waals surface area contributed by atoms with Crippen LogP contribution in [-0.4, -0.2) is 29.4 Å². The number of aromatic nitrogens is 2. The molecule has 1 N–H and O–H groups in total. The SMILES string of the molecule is COC(=O)c1occc1CNCCc1ccnn1C. The molecular formula is C13H17N3O3. The van der Waals surface area contributed by atoms with Gasteiger partial charge in [0.15, 0.2) is 0 Å². The van der Waals surface area contributed by atoms with E-state index in [1.807, 2.05) is 17.8 Å². The van der Waals surface area contributed by atoms with Crippen LogP contribution in [0.25, 0.3) is 0 Å². The second kappa shape index (κ2) is 6.19. The van der Waals surface area contributed by atoms with E-state index in [1.54, 1.807) is 12.3 Å². The zero-order valence-corrected chi connectivity index (χ0v) is 11.0. The van der Waals surface area contributed by atoms with Crippen LogP contribution in [0.15, 0.2) is 29.0 Å². The number of carbonyl (C=O) groups is 1. The molecule has 2 heterocycles. The van der Waals surface area contributed by atoms with E-state index in [4.69, 9.17) is 4.42 Å². The smallest absolute Gasteiger partial charge is 0.374 e. The lowest BCUT2D eigenvalue weighted by atomic mass is 10.2. The standard InChI is InChI=1S/C13H17N3O3/c1-16-11(4-7-15-16)3-6-14-9-10-5-8-19-12(10)13(17)18-2/h4-5,7-8,14H,3,6,9H2,1-2H3. The summed E-state index contributed by atoms with van der Waals surface area (Å²) in [4.78, 5) is 11.4. The monoisotopic (exact) mass is 263 g/mol. The Morgan fingerprint density at radius 1 is 1.53 bits per heavy atom. The van der Waals surface area contributed by atoms with Gasteiger partial charge < -0.3 is 14.5 Å². The van der Waals surface area contributed by atoms with Crippen molar-refractivity contribution >= 4 is 5.97 Å². The van der Waals surface area contributed by atoms with Crippen LogP contribution in [0.5, 0.6) is 0 Å². The van der Waals surface area contributed by atoms with Crippen LogP contribution < -0.4 is 5.32 Å². The number of methoxy groups -OCH3 is 1. The van der Waals surface area contributed by atoms with Gasteiger partial charge in [-0.1, -0.05) is 0 Å². The molecule has 0 saturated carbocycles. The summed E-state index contributed by atoms with van der Waals surface area (Å²) in [5.41, 5.74) is 1.96. The number of aryl methyl sites for hydroxylation is 1. The molecule has 0 saturated heterocycles. The van der Waals surface area contributed by atoms with E-state index in [0.29, 0.717) is 6.54 Å². The topological polar surface area (TPSA) is 69.3 Å². The normalized spacial score (nSPS) is 10.6. The van der Waals surface area contributed by atoms with Gasteiger partial charge in [-0.2, -0.15) is 5.10 Å². The van der Waals surface area contributed by atoms with Crippen molar-refractivity contribution < 1.29 is 13.9 Å². The highest BCUT2D eigenvalue weighted by Crippen LogP contribution is 2.11. The van der Waals surface area contributed by atoms with Crippen LogP contribution in [0.3, 0.4) is 0 Å². The highest BCUT2D eigenvalue weighted by atomic mass is 16.5. The Morgan fingerprint density at radius 2 is 2.37 bits per heavy atom. The van der Waals surface area contributed by atoms with Gasteiger partial charge in [-0.25, -0.2) is 4.79 Å². The van der Waals surface area contributed by atoms with Gasteiger partial charge in [-0.05, 0) is 12.1 Å². The van der Waals surface area contributed by atoms with Crippen LogP contribution in [0.1, 0.15) is 21.8 Å². The van der Waals surface area contributed by atoms with E-state index in [2.05, 4.69) is 15.2 Å². The van der Waals surface area contributed by atoms with E-state index in [-0.39, 0.29) is 5.76 Å². The number of hydrogen-bond acceptors (Lipinski definition) is 5. The van der Waals surface area contributed by atoms with Crippen LogP contribution in [0.4, 0.5) is 0 Å². The average Bonchev–Trinajstić information content (AvgIpc) is 3.03. The van der Waals surface area contributed by atoms with Crippen molar-refractivity contribution in [2.24, 2.45) is 7.05 Å². The predicted molar refractivity (Wildman–Crippen MR) is 68.7 cm³/mol. The fourth-order valence-electron chi connectivity index (χ4n) is 1.83. The minimum Gasteiger partial charge on any atom is -0.463 e. The van der Waals surface area contributed by atoms with E-state index in [0.717, 1.165) is 24.2 Å². The fraction of sp³-hybridized carbons (Fsp3) is 0.385. The lowest BCUT2D eigenvalue weighted by molar-refractivity contribution is 0.0563.